The Morgan fingerprint density at radius 3 is 2.70 bits per heavy atom. The summed E-state index contributed by atoms with van der Waals surface area (Å²) in [6.07, 6.45) is -0.898. The minimum atomic E-state index is -0.898. The number of benzene rings is 2. The molecule has 0 amide bonds. The third-order valence-electron chi connectivity index (χ3n) is 2.98. The summed E-state index contributed by atoms with van der Waals surface area (Å²) >= 11 is 0. The summed E-state index contributed by atoms with van der Waals surface area (Å²) in [4.78, 5) is 0. The van der Waals surface area contributed by atoms with Crippen LogP contribution in [-0.2, 0) is 0 Å². The fourth-order valence-corrected chi connectivity index (χ4v) is 1.97. The van der Waals surface area contributed by atoms with Crippen LogP contribution < -0.4 is 4.74 Å². The molecule has 1 atom stereocenters. The number of rotatable bonds is 4. The summed E-state index contributed by atoms with van der Waals surface area (Å²) in [5.74, 6) is 0.704. The van der Waals surface area contributed by atoms with Crippen LogP contribution in [0, 0.1) is 5.82 Å². The van der Waals surface area contributed by atoms with Crippen molar-refractivity contribution in [1.29, 1.82) is 0 Å². The molecule has 1 N–H and O–H groups in total. The van der Waals surface area contributed by atoms with E-state index in [1.807, 2.05) is 18.2 Å². The van der Waals surface area contributed by atoms with Gasteiger partial charge in [0.25, 0.3) is 0 Å². The first-order valence-electron chi connectivity index (χ1n) is 6.27. The topological polar surface area (TPSA) is 42.6 Å². The first kappa shape index (κ1) is 12.7. The van der Waals surface area contributed by atoms with E-state index in [2.05, 4.69) is 0 Å². The van der Waals surface area contributed by atoms with E-state index < -0.39 is 6.10 Å². The molecule has 0 saturated carbocycles. The Hall–Kier alpha value is -2.33. The predicted molar refractivity (Wildman–Crippen MR) is 73.1 cm³/mol. The van der Waals surface area contributed by atoms with E-state index in [1.54, 1.807) is 24.3 Å². The smallest absolute Gasteiger partial charge is 0.145 e. The molecule has 3 rings (SSSR count). The zero-order valence-corrected chi connectivity index (χ0v) is 10.6. The van der Waals surface area contributed by atoms with Crippen LogP contribution in [0.1, 0.15) is 11.9 Å². The maximum atomic E-state index is 13.1. The van der Waals surface area contributed by atoms with Gasteiger partial charge in [-0.25, -0.2) is 4.39 Å². The van der Waals surface area contributed by atoms with E-state index in [1.165, 1.54) is 12.1 Å². The quantitative estimate of drug-likeness (QED) is 0.787. The molecule has 0 aliphatic rings. The van der Waals surface area contributed by atoms with Gasteiger partial charge in [0.2, 0.25) is 0 Å². The van der Waals surface area contributed by atoms with Crippen molar-refractivity contribution in [3.63, 3.8) is 0 Å². The van der Waals surface area contributed by atoms with E-state index in [0.29, 0.717) is 22.5 Å². The van der Waals surface area contributed by atoms with Crippen molar-refractivity contribution in [3.8, 4) is 5.75 Å². The monoisotopic (exact) mass is 272 g/mol. The summed E-state index contributed by atoms with van der Waals surface area (Å²) in [5, 5.41) is 10.7. The molecule has 2 aromatic carbocycles. The van der Waals surface area contributed by atoms with Crippen LogP contribution >= 0.6 is 0 Å². The van der Waals surface area contributed by atoms with Gasteiger partial charge in [0.1, 0.15) is 35.6 Å². The fraction of sp³-hybridized carbons (Fsp3) is 0.125. The molecular weight excluding hydrogens is 259 g/mol. The van der Waals surface area contributed by atoms with Crippen molar-refractivity contribution in [2.75, 3.05) is 6.61 Å². The number of halogens is 1. The molecule has 3 aromatic rings. The first-order valence-corrected chi connectivity index (χ1v) is 6.27. The summed E-state index contributed by atoms with van der Waals surface area (Å²) in [6.45, 7) is 0.0757. The molecule has 0 saturated heterocycles. The minimum absolute atomic E-state index is 0.0757. The summed E-state index contributed by atoms with van der Waals surface area (Å²) in [7, 11) is 0. The number of furan rings is 1. The summed E-state index contributed by atoms with van der Waals surface area (Å²) < 4.78 is 24.0. The van der Waals surface area contributed by atoms with E-state index in [9.17, 15) is 9.50 Å². The average Bonchev–Trinajstić information content (AvgIpc) is 2.89. The standard InChI is InChI=1S/C16H13FO3/c17-12-6-7-15-11(8-12)9-16(20-15)14(18)10-19-13-4-2-1-3-5-13/h1-9,14,18H,10H2. The average molecular weight is 272 g/mol. The zero-order chi connectivity index (χ0) is 13.9. The lowest BCUT2D eigenvalue weighted by molar-refractivity contribution is 0.0903. The Labute approximate surface area is 115 Å². The molecule has 0 bridgehead atoms. The van der Waals surface area contributed by atoms with Crippen LogP contribution in [0.5, 0.6) is 5.75 Å². The van der Waals surface area contributed by atoms with Crippen molar-refractivity contribution in [2.24, 2.45) is 0 Å². The highest BCUT2D eigenvalue weighted by Crippen LogP contribution is 2.25. The lowest BCUT2D eigenvalue weighted by Gasteiger charge is -2.09. The molecule has 1 heterocycles. The van der Waals surface area contributed by atoms with Gasteiger partial charge in [-0.15, -0.1) is 0 Å². The van der Waals surface area contributed by atoms with E-state index in [0.717, 1.165) is 0 Å². The molecule has 0 aliphatic heterocycles. The predicted octanol–water partition coefficient (Wildman–Crippen LogP) is 3.68. The molecule has 0 spiro atoms. The highest BCUT2D eigenvalue weighted by Gasteiger charge is 2.14. The highest BCUT2D eigenvalue weighted by molar-refractivity contribution is 5.77. The number of aliphatic hydroxyl groups is 1. The molecule has 1 unspecified atom stereocenters. The first-order chi connectivity index (χ1) is 9.72. The largest absolute Gasteiger partial charge is 0.490 e. The van der Waals surface area contributed by atoms with Gasteiger partial charge in [0.05, 0.1) is 0 Å². The number of para-hydroxylation sites is 1. The maximum absolute atomic E-state index is 13.1. The van der Waals surface area contributed by atoms with Crippen LogP contribution in [0.2, 0.25) is 0 Å². The number of fused-ring (bicyclic) bond motifs is 1. The van der Waals surface area contributed by atoms with Gasteiger partial charge in [-0.1, -0.05) is 18.2 Å². The second-order valence-corrected chi connectivity index (χ2v) is 4.47. The van der Waals surface area contributed by atoms with Gasteiger partial charge in [0.15, 0.2) is 0 Å². The molecule has 1 aromatic heterocycles. The Balaban J connectivity index is 1.73. The third kappa shape index (κ3) is 2.65. The molecule has 0 aliphatic carbocycles. The molecule has 4 heteroatoms. The molecular formula is C16H13FO3. The Morgan fingerprint density at radius 2 is 1.90 bits per heavy atom. The van der Waals surface area contributed by atoms with E-state index >= 15 is 0 Å². The summed E-state index contributed by atoms with van der Waals surface area (Å²) in [6, 6.07) is 15.1. The van der Waals surface area contributed by atoms with E-state index in [-0.39, 0.29) is 12.4 Å². The van der Waals surface area contributed by atoms with Gasteiger partial charge < -0.3 is 14.3 Å². The normalized spacial score (nSPS) is 12.5. The SMILES string of the molecule is OC(COc1ccccc1)c1cc2cc(F)ccc2o1. The van der Waals surface area contributed by atoms with Gasteiger partial charge in [-0.2, -0.15) is 0 Å². The maximum Gasteiger partial charge on any atom is 0.145 e. The fourth-order valence-electron chi connectivity index (χ4n) is 1.97. The van der Waals surface area contributed by atoms with E-state index in [4.69, 9.17) is 9.15 Å². The molecule has 0 radical (unpaired) electrons. The molecule has 20 heavy (non-hydrogen) atoms. The van der Waals surface area contributed by atoms with Crippen LogP contribution in [0.25, 0.3) is 11.0 Å². The molecule has 0 fully saturated rings. The lowest BCUT2D eigenvalue weighted by atomic mass is 10.2. The van der Waals surface area contributed by atoms with Gasteiger partial charge in [-0.05, 0) is 36.4 Å². The van der Waals surface area contributed by atoms with Crippen LogP contribution in [0.4, 0.5) is 4.39 Å². The minimum Gasteiger partial charge on any atom is -0.490 e. The van der Waals surface area contributed by atoms with Crippen LogP contribution in [-0.4, -0.2) is 11.7 Å². The third-order valence-corrected chi connectivity index (χ3v) is 2.98. The van der Waals surface area contributed by atoms with Crippen molar-refractivity contribution >= 4 is 11.0 Å². The second kappa shape index (κ2) is 5.35. The summed E-state index contributed by atoms with van der Waals surface area (Å²) in [5.41, 5.74) is 0.542. The number of aliphatic hydroxyl groups excluding tert-OH is 1. The Morgan fingerprint density at radius 1 is 1.10 bits per heavy atom. The number of hydrogen-bond acceptors (Lipinski definition) is 3. The van der Waals surface area contributed by atoms with Gasteiger partial charge >= 0.3 is 0 Å². The molecule has 3 nitrogen and oxygen atoms in total. The molecule has 102 valence electrons. The van der Waals surface area contributed by atoms with Gasteiger partial charge in [0, 0.05) is 5.39 Å². The van der Waals surface area contributed by atoms with Crippen LogP contribution in [0.15, 0.2) is 59.0 Å². The van der Waals surface area contributed by atoms with Crippen molar-refractivity contribution in [1.82, 2.24) is 0 Å². The lowest BCUT2D eigenvalue weighted by Crippen LogP contribution is -2.08. The number of hydrogen-bond donors (Lipinski definition) is 1. The zero-order valence-electron chi connectivity index (χ0n) is 10.6. The number of ether oxygens (including phenoxy) is 1. The van der Waals surface area contributed by atoms with Crippen molar-refractivity contribution in [2.45, 2.75) is 6.10 Å². The Kier molecular flexibility index (Phi) is 3.39. The van der Waals surface area contributed by atoms with Crippen molar-refractivity contribution in [3.05, 3.63) is 66.2 Å². The van der Waals surface area contributed by atoms with Crippen LogP contribution in [0.3, 0.4) is 0 Å². The Bertz CT molecular complexity index is 706. The van der Waals surface area contributed by atoms with Crippen molar-refractivity contribution < 1.29 is 18.7 Å². The highest BCUT2D eigenvalue weighted by atomic mass is 19.1. The second-order valence-electron chi connectivity index (χ2n) is 4.47. The van der Waals surface area contributed by atoms with Gasteiger partial charge in [-0.3, -0.25) is 0 Å².